The Hall–Kier alpha value is -3.61. The van der Waals surface area contributed by atoms with E-state index in [1.807, 2.05) is 41.8 Å². The molecular formula is C28H28ClFN6O2. The van der Waals surface area contributed by atoms with Gasteiger partial charge in [0.15, 0.2) is 11.5 Å². The lowest BCUT2D eigenvalue weighted by Gasteiger charge is -2.48. The van der Waals surface area contributed by atoms with Crippen molar-refractivity contribution in [1.82, 2.24) is 20.1 Å². The minimum Gasteiger partial charge on any atom is -0.384 e. The second kappa shape index (κ2) is 10.3. The zero-order valence-corrected chi connectivity index (χ0v) is 21.9. The number of nitrogens with zero attached hydrogens (tertiary/aromatic N) is 6. The molecule has 5 rings (SSSR count). The fraction of sp³-hybridized carbons (Fsp3) is 0.393. The third-order valence-corrected chi connectivity index (χ3v) is 8.22. The molecule has 3 aromatic rings. The van der Waals surface area contributed by atoms with Gasteiger partial charge in [0.2, 0.25) is 5.91 Å². The first-order valence-corrected chi connectivity index (χ1v) is 13.0. The first-order chi connectivity index (χ1) is 18.2. The van der Waals surface area contributed by atoms with Gasteiger partial charge in [0.25, 0.3) is 0 Å². The number of hydrogen-bond donors (Lipinski definition) is 1. The van der Waals surface area contributed by atoms with Gasteiger partial charge < -0.3 is 14.9 Å². The smallest absolute Gasteiger partial charge is 0.228 e. The van der Waals surface area contributed by atoms with Crippen molar-refractivity contribution in [2.75, 3.05) is 31.1 Å². The van der Waals surface area contributed by atoms with E-state index in [0.717, 1.165) is 5.56 Å². The summed E-state index contributed by atoms with van der Waals surface area (Å²) in [6.07, 6.45) is 1.17. The monoisotopic (exact) mass is 534 g/mol. The molecule has 2 fully saturated rings. The summed E-state index contributed by atoms with van der Waals surface area (Å²) in [4.78, 5) is 22.1. The van der Waals surface area contributed by atoms with Gasteiger partial charge in [-0.2, -0.15) is 5.26 Å². The van der Waals surface area contributed by atoms with E-state index < -0.39 is 17.3 Å². The molecule has 1 aromatic carbocycles. The van der Waals surface area contributed by atoms with Crippen LogP contribution in [0.25, 0.3) is 0 Å². The van der Waals surface area contributed by atoms with Crippen LogP contribution in [-0.4, -0.2) is 57.3 Å². The van der Waals surface area contributed by atoms with Crippen LogP contribution in [0.5, 0.6) is 0 Å². The molecule has 4 heterocycles. The number of hydrogen-bond acceptors (Lipinski definition) is 7. The maximum absolute atomic E-state index is 14.0. The predicted molar refractivity (Wildman–Crippen MR) is 140 cm³/mol. The van der Waals surface area contributed by atoms with Crippen LogP contribution in [0.2, 0.25) is 5.02 Å². The van der Waals surface area contributed by atoms with E-state index in [4.69, 9.17) is 16.9 Å². The van der Waals surface area contributed by atoms with Gasteiger partial charge in [-0.15, -0.1) is 10.2 Å². The number of pyridine rings is 1. The summed E-state index contributed by atoms with van der Waals surface area (Å²) in [6.45, 7) is 5.51. The largest absolute Gasteiger partial charge is 0.384 e. The highest BCUT2D eigenvalue weighted by Gasteiger charge is 2.49. The van der Waals surface area contributed by atoms with Crippen molar-refractivity contribution in [1.29, 1.82) is 5.26 Å². The van der Waals surface area contributed by atoms with E-state index in [9.17, 15) is 14.3 Å². The Morgan fingerprint density at radius 3 is 2.34 bits per heavy atom. The molecule has 8 nitrogen and oxygen atoms in total. The number of benzene rings is 1. The molecule has 1 amide bonds. The average Bonchev–Trinajstić information content (AvgIpc) is 3.37. The Bertz CT molecular complexity index is 1330. The molecular weight excluding hydrogens is 507 g/mol. The second-order valence-corrected chi connectivity index (χ2v) is 10.7. The molecule has 196 valence electrons. The van der Waals surface area contributed by atoms with E-state index in [1.54, 1.807) is 30.3 Å². The van der Waals surface area contributed by atoms with E-state index in [-0.39, 0.29) is 29.4 Å². The van der Waals surface area contributed by atoms with Crippen molar-refractivity contribution in [3.63, 3.8) is 0 Å². The summed E-state index contributed by atoms with van der Waals surface area (Å²) in [5.74, 6) is -1.10. The van der Waals surface area contributed by atoms with E-state index >= 15 is 0 Å². The van der Waals surface area contributed by atoms with Crippen molar-refractivity contribution in [2.45, 2.75) is 25.4 Å². The molecule has 2 aliphatic heterocycles. The number of carbonyl (C=O) groups is 1. The normalized spacial score (nSPS) is 27.3. The predicted octanol–water partition coefficient (Wildman–Crippen LogP) is 3.76. The van der Waals surface area contributed by atoms with Crippen molar-refractivity contribution < 1.29 is 14.3 Å². The average molecular weight is 535 g/mol. The fourth-order valence-corrected chi connectivity index (χ4v) is 6.03. The lowest BCUT2D eigenvalue weighted by atomic mass is 9.70. The van der Waals surface area contributed by atoms with Gasteiger partial charge in [0, 0.05) is 54.6 Å². The zero-order chi connectivity index (χ0) is 27.0. The minimum absolute atomic E-state index is 0.0397. The molecule has 1 N–H and O–H groups in total. The maximum atomic E-state index is 14.0. The third-order valence-electron chi connectivity index (χ3n) is 7.97. The summed E-state index contributed by atoms with van der Waals surface area (Å²) >= 11 is 6.06. The quantitative estimate of drug-likeness (QED) is 0.543. The number of nitriles is 1. The van der Waals surface area contributed by atoms with Crippen LogP contribution >= 0.6 is 11.6 Å². The molecule has 10 heteroatoms. The number of piperidine rings is 1. The summed E-state index contributed by atoms with van der Waals surface area (Å²) in [7, 11) is 0. The van der Waals surface area contributed by atoms with Crippen molar-refractivity contribution in [3.8, 4) is 6.07 Å². The van der Waals surface area contributed by atoms with Gasteiger partial charge in [-0.05, 0) is 42.0 Å². The molecule has 0 radical (unpaired) electrons. The van der Waals surface area contributed by atoms with Gasteiger partial charge in [0.1, 0.15) is 11.9 Å². The summed E-state index contributed by atoms with van der Waals surface area (Å²) in [6, 6.07) is 15.5. The summed E-state index contributed by atoms with van der Waals surface area (Å²) < 4.78 is 13.6. The van der Waals surface area contributed by atoms with Gasteiger partial charge >= 0.3 is 0 Å². The SMILES string of the molecule is C[C@@H]1CN(C(=O)[C@@H]2CN(c3ccc(C#N)nn3)C[C@H]2c2ccc(F)cn2)C[C@H](C)[C@]1(O)c1ccc(Cl)cc1. The lowest BCUT2D eigenvalue weighted by molar-refractivity contribution is -0.152. The summed E-state index contributed by atoms with van der Waals surface area (Å²) in [5, 5.41) is 29.5. The third kappa shape index (κ3) is 4.70. The Balaban J connectivity index is 1.40. The molecule has 38 heavy (non-hydrogen) atoms. The zero-order valence-electron chi connectivity index (χ0n) is 21.1. The number of anilines is 1. The number of likely N-dealkylation sites (tertiary alicyclic amines) is 1. The highest BCUT2D eigenvalue weighted by Crippen LogP contribution is 2.43. The fourth-order valence-electron chi connectivity index (χ4n) is 5.90. The maximum Gasteiger partial charge on any atom is 0.228 e. The van der Waals surface area contributed by atoms with Crippen molar-refractivity contribution >= 4 is 23.3 Å². The van der Waals surface area contributed by atoms with E-state index in [2.05, 4.69) is 15.2 Å². The number of aliphatic hydroxyl groups is 1. The van der Waals surface area contributed by atoms with Gasteiger partial charge in [0.05, 0.1) is 17.7 Å². The Kier molecular flexibility index (Phi) is 7.03. The minimum atomic E-state index is -1.10. The van der Waals surface area contributed by atoms with Crippen LogP contribution in [-0.2, 0) is 10.4 Å². The topological polar surface area (TPSA) is 106 Å². The Morgan fingerprint density at radius 2 is 1.76 bits per heavy atom. The van der Waals surface area contributed by atoms with Gasteiger partial charge in [-0.3, -0.25) is 9.78 Å². The van der Waals surface area contributed by atoms with Gasteiger partial charge in [-0.25, -0.2) is 4.39 Å². The van der Waals surface area contributed by atoms with Crippen LogP contribution in [0.15, 0.2) is 54.7 Å². The van der Waals surface area contributed by atoms with Crippen molar-refractivity contribution in [3.05, 3.63) is 82.5 Å². The van der Waals surface area contributed by atoms with E-state index in [0.29, 0.717) is 42.7 Å². The molecule has 0 saturated carbocycles. The molecule has 0 bridgehead atoms. The number of halogens is 2. The van der Waals surface area contributed by atoms with Crippen LogP contribution in [0.4, 0.5) is 10.2 Å². The van der Waals surface area contributed by atoms with E-state index in [1.165, 1.54) is 12.3 Å². The lowest BCUT2D eigenvalue weighted by Crippen LogP contribution is -2.57. The van der Waals surface area contributed by atoms with Crippen LogP contribution in [0.1, 0.15) is 36.7 Å². The highest BCUT2D eigenvalue weighted by atomic mass is 35.5. The standard InChI is InChI=1S/C28H28ClFN6O2/c1-17-13-36(14-18(2)28(17,38)19-3-5-20(29)6-4-19)27(37)24-16-35(26-10-8-22(11-31)33-34-26)15-23(24)25-9-7-21(30)12-32-25/h3-10,12,17-18,23-24,38H,13-16H2,1-2H3/t17-,18+,23-,24-,28+/m1/s1. The highest BCUT2D eigenvalue weighted by molar-refractivity contribution is 6.30. The Labute approximate surface area is 225 Å². The van der Waals surface area contributed by atoms with Crippen LogP contribution in [0.3, 0.4) is 0 Å². The number of amides is 1. The van der Waals surface area contributed by atoms with Gasteiger partial charge in [-0.1, -0.05) is 37.6 Å². The molecule has 0 spiro atoms. The molecule has 2 aromatic heterocycles. The molecule has 5 atom stereocenters. The first kappa shape index (κ1) is 26.0. The van der Waals surface area contributed by atoms with Crippen LogP contribution < -0.4 is 4.90 Å². The van der Waals surface area contributed by atoms with Crippen molar-refractivity contribution in [2.24, 2.45) is 17.8 Å². The number of rotatable bonds is 4. The number of aromatic nitrogens is 3. The first-order valence-electron chi connectivity index (χ1n) is 12.6. The number of carbonyl (C=O) groups excluding carboxylic acids is 1. The summed E-state index contributed by atoms with van der Waals surface area (Å²) in [5.41, 5.74) is 0.527. The molecule has 2 saturated heterocycles. The molecule has 2 aliphatic rings. The van der Waals surface area contributed by atoms with Crippen LogP contribution in [0, 0.1) is 34.9 Å². The molecule has 0 aliphatic carbocycles. The molecule has 0 unspecified atom stereocenters. The Morgan fingerprint density at radius 1 is 1.05 bits per heavy atom. The second-order valence-electron chi connectivity index (χ2n) is 10.3.